The first-order valence-electron chi connectivity index (χ1n) is 17.1. The van der Waals surface area contributed by atoms with E-state index < -0.39 is 41.0 Å². The van der Waals surface area contributed by atoms with Crippen molar-refractivity contribution >= 4 is 34.9 Å². The van der Waals surface area contributed by atoms with Crippen LogP contribution in [0.1, 0.15) is 42.4 Å². The second-order valence-electron chi connectivity index (χ2n) is 13.9. The summed E-state index contributed by atoms with van der Waals surface area (Å²) < 4.78 is 6.15. The molecule has 252 valence electrons. The normalized spacial score (nSPS) is 28.4. The molecule has 0 radical (unpaired) electrons. The fourth-order valence-corrected chi connectivity index (χ4v) is 9.36. The topological polar surface area (TPSA) is 138 Å². The summed E-state index contributed by atoms with van der Waals surface area (Å²) in [5.74, 6) is -4.94. The van der Waals surface area contributed by atoms with Crippen LogP contribution in [0.2, 0.25) is 0 Å². The van der Waals surface area contributed by atoms with E-state index in [4.69, 9.17) is 4.74 Å². The molecule has 0 bridgehead atoms. The molecule has 2 aliphatic heterocycles. The van der Waals surface area contributed by atoms with Gasteiger partial charge in [0.15, 0.2) is 11.6 Å². The predicted octanol–water partition coefficient (Wildman–Crippen LogP) is 5.43. The highest BCUT2D eigenvalue weighted by Gasteiger charge is 2.66. The zero-order valence-electron chi connectivity index (χ0n) is 27.2. The van der Waals surface area contributed by atoms with Gasteiger partial charge in [0.05, 0.1) is 23.5 Å². The highest BCUT2D eigenvalue weighted by atomic mass is 16.5. The van der Waals surface area contributed by atoms with E-state index in [9.17, 15) is 29.4 Å². The lowest BCUT2D eigenvalue weighted by Gasteiger charge is -2.56. The molecule has 50 heavy (non-hydrogen) atoms. The number of likely N-dealkylation sites (tertiary alicyclic amines) is 1. The molecule has 3 aliphatic carbocycles. The number of nitrogens with zero attached hydrogens (tertiary/aromatic N) is 1. The Morgan fingerprint density at radius 1 is 0.920 bits per heavy atom. The number of amides is 2. The van der Waals surface area contributed by atoms with Crippen LogP contribution in [0, 0.1) is 29.6 Å². The van der Waals surface area contributed by atoms with Gasteiger partial charge in [0.1, 0.15) is 11.5 Å². The molecule has 9 heteroatoms. The molecule has 0 spiro atoms. The van der Waals surface area contributed by atoms with Crippen LogP contribution in [0.25, 0.3) is 5.57 Å². The average molecular weight is 670 g/mol. The Kier molecular flexibility index (Phi) is 7.66. The number of imide groups is 1. The maximum atomic E-state index is 15.1. The third-order valence-electron chi connectivity index (χ3n) is 11.4. The molecule has 6 atom stereocenters. The molecular formula is C41H35NO8. The van der Waals surface area contributed by atoms with Crippen molar-refractivity contribution in [2.45, 2.75) is 37.5 Å². The lowest BCUT2D eigenvalue weighted by Crippen LogP contribution is -2.60. The largest absolute Gasteiger partial charge is 0.508 e. The van der Waals surface area contributed by atoms with Crippen LogP contribution < -0.4 is 4.74 Å². The van der Waals surface area contributed by atoms with E-state index in [2.05, 4.69) is 0 Å². The summed E-state index contributed by atoms with van der Waals surface area (Å²) in [4.78, 5) is 70.5. The fraction of sp³-hybridized carbons (Fsp3) is 0.293. The number of hydrogen-bond acceptors (Lipinski definition) is 7. The molecule has 2 heterocycles. The van der Waals surface area contributed by atoms with Gasteiger partial charge in [-0.05, 0) is 66.2 Å². The van der Waals surface area contributed by atoms with Gasteiger partial charge in [-0.25, -0.2) is 0 Å². The summed E-state index contributed by atoms with van der Waals surface area (Å²) in [6.07, 6.45) is 5.90. The second kappa shape index (κ2) is 12.1. The van der Waals surface area contributed by atoms with Crippen molar-refractivity contribution in [1.82, 2.24) is 4.90 Å². The van der Waals surface area contributed by atoms with Crippen LogP contribution >= 0.6 is 0 Å². The van der Waals surface area contributed by atoms with Crippen molar-refractivity contribution < 1.29 is 38.9 Å². The molecule has 3 aromatic rings. The smallest absolute Gasteiger partial charge is 0.303 e. The van der Waals surface area contributed by atoms with Crippen molar-refractivity contribution in [1.29, 1.82) is 0 Å². The Labute approximate surface area is 288 Å². The molecule has 1 saturated heterocycles. The lowest BCUT2D eigenvalue weighted by molar-refractivity contribution is -0.142. The van der Waals surface area contributed by atoms with E-state index in [1.165, 1.54) is 11.0 Å². The lowest BCUT2D eigenvalue weighted by atomic mass is 9.44. The van der Waals surface area contributed by atoms with E-state index in [1.54, 1.807) is 24.5 Å². The number of ketones is 2. The number of aromatic hydroxyl groups is 1. The summed E-state index contributed by atoms with van der Waals surface area (Å²) in [5.41, 5.74) is 2.56. The molecule has 9 nitrogen and oxygen atoms in total. The molecule has 5 aliphatic rings. The first-order chi connectivity index (χ1) is 24.2. The number of ether oxygens (including phenoxy) is 1. The minimum Gasteiger partial charge on any atom is -0.508 e. The van der Waals surface area contributed by atoms with E-state index in [1.807, 2.05) is 66.7 Å². The van der Waals surface area contributed by atoms with E-state index in [0.717, 1.165) is 16.7 Å². The molecule has 0 aromatic heterocycles. The SMILES string of the molecule is O=C(O)CCCN1C(=O)C2CC=C3C(CC4C(=O)C(c5ccccc5)=CC(=O)C4(c4ccccc4)C3C3=COc4ccc(O)cc4C3)C2C1=O. The summed E-state index contributed by atoms with van der Waals surface area (Å²) in [7, 11) is 0. The summed E-state index contributed by atoms with van der Waals surface area (Å²) >= 11 is 0. The Morgan fingerprint density at radius 3 is 2.40 bits per heavy atom. The molecule has 2 amide bonds. The van der Waals surface area contributed by atoms with Crippen LogP contribution in [0.15, 0.2) is 108 Å². The van der Waals surface area contributed by atoms with Gasteiger partial charge >= 0.3 is 5.97 Å². The third kappa shape index (κ3) is 4.78. The standard InChI is InChI=1S/C41H35NO8/c43-27-13-16-33-24(19-27)18-25(22-50-33)37-28-14-15-29-36(40(49)42(39(29)48)17-7-12-35(45)46)31(28)20-32-38(47)30(23-8-3-1-4-9-23)21-34(44)41(32,37)26-10-5-2-6-11-26/h1-6,8-11,13-14,16,19,21-22,29,31-32,36-37,43H,7,12,15,17-18,20H2,(H,45,46). The average Bonchev–Trinajstić information content (AvgIpc) is 3.37. The van der Waals surface area contributed by atoms with Crippen LogP contribution in [-0.4, -0.2) is 51.0 Å². The predicted molar refractivity (Wildman–Crippen MR) is 181 cm³/mol. The number of hydrogen-bond donors (Lipinski definition) is 2. The molecule has 2 fully saturated rings. The van der Waals surface area contributed by atoms with Gasteiger partial charge in [0, 0.05) is 42.4 Å². The van der Waals surface area contributed by atoms with Gasteiger partial charge in [-0.15, -0.1) is 0 Å². The Balaban J connectivity index is 1.31. The van der Waals surface area contributed by atoms with Crippen LogP contribution in [0.5, 0.6) is 11.5 Å². The number of rotatable bonds is 7. The zero-order valence-corrected chi connectivity index (χ0v) is 27.2. The van der Waals surface area contributed by atoms with E-state index >= 15 is 4.79 Å². The van der Waals surface area contributed by atoms with Crippen molar-refractivity contribution in [2.24, 2.45) is 29.6 Å². The number of carbonyl (C=O) groups excluding carboxylic acids is 4. The van der Waals surface area contributed by atoms with Crippen molar-refractivity contribution in [3.63, 3.8) is 0 Å². The monoisotopic (exact) mass is 669 g/mol. The van der Waals surface area contributed by atoms with Crippen LogP contribution in [0.4, 0.5) is 0 Å². The first-order valence-corrected chi connectivity index (χ1v) is 17.1. The Hall–Kier alpha value is -5.57. The van der Waals surface area contributed by atoms with Crippen molar-refractivity contribution in [3.8, 4) is 11.5 Å². The number of Topliss-reactive ketones (excluding diaryl/α,β-unsaturated/α-hetero) is 1. The minimum atomic E-state index is -1.37. The molecular weight excluding hydrogens is 634 g/mol. The minimum absolute atomic E-state index is 0.0113. The Bertz CT molecular complexity index is 2050. The number of carboxylic acids is 1. The maximum Gasteiger partial charge on any atom is 0.303 e. The van der Waals surface area contributed by atoms with E-state index in [0.29, 0.717) is 28.9 Å². The highest BCUT2D eigenvalue weighted by molar-refractivity contribution is 6.31. The Morgan fingerprint density at radius 2 is 1.66 bits per heavy atom. The van der Waals surface area contributed by atoms with Crippen molar-refractivity contribution in [2.75, 3.05) is 6.54 Å². The maximum absolute atomic E-state index is 15.1. The first kappa shape index (κ1) is 31.7. The molecule has 8 rings (SSSR count). The second-order valence-corrected chi connectivity index (χ2v) is 13.9. The number of allylic oxidation sites excluding steroid dienone is 5. The number of phenols is 1. The molecule has 6 unspecified atom stereocenters. The van der Waals surface area contributed by atoms with Gasteiger partial charge < -0.3 is 14.9 Å². The van der Waals surface area contributed by atoms with E-state index in [-0.39, 0.29) is 61.4 Å². The van der Waals surface area contributed by atoms with Gasteiger partial charge in [0.25, 0.3) is 0 Å². The molecule has 3 aromatic carbocycles. The zero-order chi connectivity index (χ0) is 34.7. The number of phenolic OH excluding ortho intramolecular Hbond substituents is 1. The third-order valence-corrected chi connectivity index (χ3v) is 11.4. The number of benzene rings is 3. The van der Waals surface area contributed by atoms with Crippen LogP contribution in [-0.2, 0) is 35.8 Å². The summed E-state index contributed by atoms with van der Waals surface area (Å²) in [6.45, 7) is 0.0113. The fourth-order valence-electron chi connectivity index (χ4n) is 9.36. The van der Waals surface area contributed by atoms with Crippen LogP contribution in [0.3, 0.4) is 0 Å². The van der Waals surface area contributed by atoms with Crippen molar-refractivity contribution in [3.05, 3.63) is 125 Å². The van der Waals surface area contributed by atoms with Gasteiger partial charge in [-0.3, -0.25) is 28.9 Å². The van der Waals surface area contributed by atoms with Gasteiger partial charge in [-0.2, -0.15) is 0 Å². The number of carboxylic acid groups (broad SMARTS) is 1. The highest BCUT2D eigenvalue weighted by Crippen LogP contribution is 2.63. The summed E-state index contributed by atoms with van der Waals surface area (Å²) in [5, 5.41) is 19.6. The van der Waals surface area contributed by atoms with Gasteiger partial charge in [0.2, 0.25) is 11.8 Å². The summed E-state index contributed by atoms with van der Waals surface area (Å²) in [6, 6.07) is 23.3. The quantitative estimate of drug-likeness (QED) is 0.251. The molecule has 1 saturated carbocycles. The molecule has 2 N–H and O–H groups in total. The number of aliphatic carboxylic acids is 1. The number of carbonyl (C=O) groups is 5. The number of fused-ring (bicyclic) bond motifs is 5. The van der Waals surface area contributed by atoms with Gasteiger partial charge in [-0.1, -0.05) is 72.3 Å².